The third kappa shape index (κ3) is 1.63. The standard InChI is InChI=1S/C11H13NO5S/c1-15-8-2-3-9-10(6-8)18(13,14)12-7-11(9)16-4-5-17-11/h2-3,6,12H,4-5,7H2,1H3. The molecule has 98 valence electrons. The van der Waals surface area contributed by atoms with Gasteiger partial charge < -0.3 is 14.2 Å². The Labute approximate surface area is 105 Å². The van der Waals surface area contributed by atoms with Crippen molar-refractivity contribution in [2.24, 2.45) is 0 Å². The summed E-state index contributed by atoms with van der Waals surface area (Å²) in [6.07, 6.45) is 0. The van der Waals surface area contributed by atoms with E-state index in [-0.39, 0.29) is 11.4 Å². The molecule has 1 N–H and O–H groups in total. The highest BCUT2D eigenvalue weighted by atomic mass is 32.2. The second-order valence-electron chi connectivity index (χ2n) is 4.14. The van der Waals surface area contributed by atoms with E-state index in [1.807, 2.05) is 0 Å². The van der Waals surface area contributed by atoms with Crippen molar-refractivity contribution in [2.45, 2.75) is 10.7 Å². The van der Waals surface area contributed by atoms with Crippen LogP contribution in [0.1, 0.15) is 5.56 Å². The van der Waals surface area contributed by atoms with Crippen LogP contribution >= 0.6 is 0 Å². The van der Waals surface area contributed by atoms with Gasteiger partial charge in [-0.2, -0.15) is 0 Å². The Bertz CT molecular complexity index is 577. The van der Waals surface area contributed by atoms with Gasteiger partial charge in [0.1, 0.15) is 5.75 Å². The minimum absolute atomic E-state index is 0.0919. The van der Waals surface area contributed by atoms with Gasteiger partial charge in [-0.25, -0.2) is 13.1 Å². The molecule has 1 aromatic rings. The number of ether oxygens (including phenoxy) is 3. The predicted octanol–water partition coefficient (Wildman–Crippen LogP) is 0.187. The van der Waals surface area contributed by atoms with E-state index in [2.05, 4.69) is 4.72 Å². The fourth-order valence-corrected chi connectivity index (χ4v) is 3.56. The van der Waals surface area contributed by atoms with E-state index in [0.29, 0.717) is 24.5 Å². The Hall–Kier alpha value is -1.15. The fraction of sp³-hybridized carbons (Fsp3) is 0.455. The Morgan fingerprint density at radius 1 is 1.33 bits per heavy atom. The molecule has 0 aliphatic carbocycles. The van der Waals surface area contributed by atoms with Crippen LogP contribution in [0.5, 0.6) is 5.75 Å². The molecule has 0 aromatic heterocycles. The number of fused-ring (bicyclic) bond motifs is 2. The molecule has 0 radical (unpaired) electrons. The molecule has 0 saturated carbocycles. The number of sulfonamides is 1. The minimum Gasteiger partial charge on any atom is -0.497 e. The lowest BCUT2D eigenvalue weighted by Crippen LogP contribution is -2.47. The van der Waals surface area contributed by atoms with E-state index in [4.69, 9.17) is 14.2 Å². The van der Waals surface area contributed by atoms with E-state index >= 15 is 0 Å². The van der Waals surface area contributed by atoms with Crippen molar-refractivity contribution < 1.29 is 22.6 Å². The van der Waals surface area contributed by atoms with Crippen LogP contribution in [0.4, 0.5) is 0 Å². The molecule has 2 aliphatic rings. The van der Waals surface area contributed by atoms with Crippen molar-refractivity contribution >= 4 is 10.0 Å². The summed E-state index contributed by atoms with van der Waals surface area (Å²) < 4.78 is 42.7. The Kier molecular flexibility index (Phi) is 2.60. The predicted molar refractivity (Wildman–Crippen MR) is 61.8 cm³/mol. The van der Waals surface area contributed by atoms with E-state index in [0.717, 1.165) is 0 Å². The molecule has 2 aliphatic heterocycles. The lowest BCUT2D eigenvalue weighted by molar-refractivity contribution is -0.162. The third-order valence-electron chi connectivity index (χ3n) is 3.14. The minimum atomic E-state index is -3.53. The zero-order valence-corrected chi connectivity index (χ0v) is 10.6. The molecule has 3 rings (SSSR count). The van der Waals surface area contributed by atoms with Crippen molar-refractivity contribution in [3.05, 3.63) is 23.8 Å². The summed E-state index contributed by atoms with van der Waals surface area (Å²) in [5, 5.41) is 0. The molecule has 1 fully saturated rings. The van der Waals surface area contributed by atoms with Gasteiger partial charge in [-0.15, -0.1) is 0 Å². The third-order valence-corrected chi connectivity index (χ3v) is 4.58. The Morgan fingerprint density at radius 3 is 2.72 bits per heavy atom. The number of benzene rings is 1. The Morgan fingerprint density at radius 2 is 2.06 bits per heavy atom. The molecule has 0 amide bonds. The summed E-state index contributed by atoms with van der Waals surface area (Å²) in [4.78, 5) is 0.148. The van der Waals surface area contributed by atoms with Crippen molar-refractivity contribution in [2.75, 3.05) is 26.9 Å². The zero-order chi connectivity index (χ0) is 12.8. The number of hydrogen-bond acceptors (Lipinski definition) is 5. The first-order valence-corrected chi connectivity index (χ1v) is 7.02. The second kappa shape index (κ2) is 3.92. The summed E-state index contributed by atoms with van der Waals surface area (Å²) in [7, 11) is -2.04. The first-order valence-electron chi connectivity index (χ1n) is 5.53. The van der Waals surface area contributed by atoms with E-state index in [9.17, 15) is 8.42 Å². The first-order chi connectivity index (χ1) is 8.57. The van der Waals surface area contributed by atoms with Gasteiger partial charge in [0, 0.05) is 11.6 Å². The van der Waals surface area contributed by atoms with E-state index < -0.39 is 15.8 Å². The molecular formula is C11H13NO5S. The smallest absolute Gasteiger partial charge is 0.241 e. The zero-order valence-electron chi connectivity index (χ0n) is 9.80. The largest absolute Gasteiger partial charge is 0.497 e. The van der Waals surface area contributed by atoms with E-state index in [1.54, 1.807) is 12.1 Å². The van der Waals surface area contributed by atoms with E-state index in [1.165, 1.54) is 13.2 Å². The number of methoxy groups -OCH3 is 1. The normalized spacial score (nSPS) is 23.8. The lowest BCUT2D eigenvalue weighted by atomic mass is 10.1. The lowest BCUT2D eigenvalue weighted by Gasteiger charge is -2.33. The highest BCUT2D eigenvalue weighted by Gasteiger charge is 2.46. The summed E-state index contributed by atoms with van der Waals surface area (Å²) in [5.41, 5.74) is 0.527. The van der Waals surface area contributed by atoms with Crippen molar-refractivity contribution in [3.8, 4) is 5.75 Å². The Balaban J connectivity index is 2.21. The topological polar surface area (TPSA) is 73.9 Å². The second-order valence-corrected chi connectivity index (χ2v) is 5.87. The molecule has 2 heterocycles. The van der Waals surface area contributed by atoms with Gasteiger partial charge in [0.25, 0.3) is 0 Å². The van der Waals surface area contributed by atoms with Gasteiger partial charge in [-0.05, 0) is 12.1 Å². The highest BCUT2D eigenvalue weighted by Crippen LogP contribution is 2.39. The summed E-state index contributed by atoms with van der Waals surface area (Å²) in [6.45, 7) is 0.995. The van der Waals surface area contributed by atoms with Gasteiger partial charge in [0.2, 0.25) is 15.8 Å². The first kappa shape index (κ1) is 11.9. The molecule has 6 nitrogen and oxygen atoms in total. The summed E-state index contributed by atoms with van der Waals surface area (Å²) in [5.74, 6) is -0.512. The SMILES string of the molecule is COc1ccc2c(c1)S(=O)(=O)NCC21OCCO1. The van der Waals surface area contributed by atoms with Gasteiger partial charge in [0.15, 0.2) is 0 Å². The molecule has 0 atom stereocenters. The monoisotopic (exact) mass is 271 g/mol. The number of hydrogen-bond donors (Lipinski definition) is 1. The van der Waals surface area contributed by atoms with Crippen molar-refractivity contribution in [3.63, 3.8) is 0 Å². The van der Waals surface area contributed by atoms with Crippen LogP contribution in [-0.2, 0) is 25.3 Å². The fourth-order valence-electron chi connectivity index (χ4n) is 2.24. The van der Waals surface area contributed by atoms with Gasteiger partial charge >= 0.3 is 0 Å². The molecule has 0 bridgehead atoms. The van der Waals surface area contributed by atoms with Gasteiger partial charge in [-0.1, -0.05) is 0 Å². The van der Waals surface area contributed by atoms with Crippen LogP contribution in [0, 0.1) is 0 Å². The van der Waals surface area contributed by atoms with Crippen LogP contribution < -0.4 is 9.46 Å². The number of nitrogens with one attached hydrogen (secondary N) is 1. The highest BCUT2D eigenvalue weighted by molar-refractivity contribution is 7.89. The summed E-state index contributed by atoms with van der Waals surface area (Å²) in [6, 6.07) is 4.86. The molecule has 18 heavy (non-hydrogen) atoms. The molecule has 0 unspecified atom stereocenters. The average Bonchev–Trinajstić information content (AvgIpc) is 2.84. The van der Waals surface area contributed by atoms with Crippen LogP contribution in [0.25, 0.3) is 0 Å². The van der Waals surface area contributed by atoms with Crippen molar-refractivity contribution in [1.29, 1.82) is 0 Å². The van der Waals surface area contributed by atoms with Crippen LogP contribution in [0.3, 0.4) is 0 Å². The summed E-state index contributed by atoms with van der Waals surface area (Å²) >= 11 is 0. The maximum Gasteiger partial charge on any atom is 0.241 e. The van der Waals surface area contributed by atoms with Crippen LogP contribution in [0.15, 0.2) is 23.1 Å². The maximum absolute atomic E-state index is 12.0. The average molecular weight is 271 g/mol. The molecule has 1 spiro atoms. The molecule has 7 heteroatoms. The van der Waals surface area contributed by atoms with Crippen LogP contribution in [-0.4, -0.2) is 35.3 Å². The molecule has 1 saturated heterocycles. The maximum atomic E-state index is 12.0. The quantitative estimate of drug-likeness (QED) is 0.789. The van der Waals surface area contributed by atoms with Gasteiger partial charge in [0.05, 0.1) is 31.8 Å². The van der Waals surface area contributed by atoms with Crippen LogP contribution in [0.2, 0.25) is 0 Å². The number of rotatable bonds is 1. The molecule has 1 aromatic carbocycles. The van der Waals surface area contributed by atoms with Crippen molar-refractivity contribution in [1.82, 2.24) is 4.72 Å². The molecular weight excluding hydrogens is 258 g/mol. The van der Waals surface area contributed by atoms with Gasteiger partial charge in [-0.3, -0.25) is 0 Å².